The largest absolute Gasteiger partial charge is 0.492 e. The normalized spacial score (nSPS) is 15.6. The molecule has 2 heterocycles. The van der Waals surface area contributed by atoms with E-state index in [0.717, 1.165) is 6.42 Å². The van der Waals surface area contributed by atoms with Crippen LogP contribution in [-0.2, 0) is 11.3 Å². The van der Waals surface area contributed by atoms with Crippen molar-refractivity contribution in [2.75, 3.05) is 18.5 Å². The fraction of sp³-hybridized carbons (Fsp3) is 0.261. The van der Waals surface area contributed by atoms with E-state index in [1.165, 1.54) is 6.07 Å². The first kappa shape index (κ1) is 22.2. The molecule has 166 valence electrons. The van der Waals surface area contributed by atoms with Gasteiger partial charge in [-0.1, -0.05) is 29.3 Å². The number of benzene rings is 2. The Morgan fingerprint density at radius 1 is 1.16 bits per heavy atom. The fourth-order valence-corrected chi connectivity index (χ4v) is 4.05. The van der Waals surface area contributed by atoms with Crippen molar-refractivity contribution in [3.05, 3.63) is 76.5 Å². The minimum Gasteiger partial charge on any atom is -0.492 e. The van der Waals surface area contributed by atoms with Crippen LogP contribution in [0.3, 0.4) is 0 Å². The lowest BCUT2D eigenvalue weighted by Crippen LogP contribution is -2.43. The monoisotopic (exact) mass is 472 g/mol. The summed E-state index contributed by atoms with van der Waals surface area (Å²) in [5.41, 5.74) is 0.901. The number of ether oxygens (including phenoxy) is 1. The second kappa shape index (κ2) is 10.1. The standard InChI is InChI=1S/C23H22Cl2N4O3/c24-16-7-8-20(25)19(14-16)23(31)29-11-2-6-21(29)22(30)27-17-4-1-5-18(15-17)32-13-12-28-10-3-9-26-28/h1,3-5,7-10,14-15,21H,2,6,11-13H2,(H,27,30). The highest BCUT2D eigenvalue weighted by Crippen LogP contribution is 2.27. The number of carbonyl (C=O) groups excluding carboxylic acids is 2. The van der Waals surface area contributed by atoms with Gasteiger partial charge in [-0.3, -0.25) is 14.3 Å². The molecule has 1 saturated heterocycles. The maximum Gasteiger partial charge on any atom is 0.256 e. The second-order valence-corrected chi connectivity index (χ2v) is 8.26. The molecule has 1 N–H and O–H groups in total. The Morgan fingerprint density at radius 3 is 2.84 bits per heavy atom. The average Bonchev–Trinajstić information content (AvgIpc) is 3.47. The van der Waals surface area contributed by atoms with Crippen LogP contribution < -0.4 is 10.1 Å². The summed E-state index contributed by atoms with van der Waals surface area (Å²) in [7, 11) is 0. The molecule has 0 spiro atoms. The third-order valence-electron chi connectivity index (χ3n) is 5.23. The molecule has 0 radical (unpaired) electrons. The highest BCUT2D eigenvalue weighted by atomic mass is 35.5. The molecular formula is C23H22Cl2N4O3. The van der Waals surface area contributed by atoms with E-state index in [1.807, 2.05) is 24.4 Å². The summed E-state index contributed by atoms with van der Waals surface area (Å²) >= 11 is 12.2. The molecule has 9 heteroatoms. The number of nitrogens with zero attached hydrogens (tertiary/aromatic N) is 3. The molecule has 4 rings (SSSR count). The molecule has 1 aliphatic rings. The van der Waals surface area contributed by atoms with Crippen molar-refractivity contribution in [1.29, 1.82) is 0 Å². The Bertz CT molecular complexity index is 1100. The van der Waals surface area contributed by atoms with Gasteiger partial charge in [-0.2, -0.15) is 5.10 Å². The molecule has 0 aliphatic carbocycles. The van der Waals surface area contributed by atoms with Crippen molar-refractivity contribution in [1.82, 2.24) is 14.7 Å². The van der Waals surface area contributed by atoms with E-state index in [0.29, 0.717) is 53.2 Å². The lowest BCUT2D eigenvalue weighted by molar-refractivity contribution is -0.119. The number of likely N-dealkylation sites (tertiary alicyclic amines) is 1. The average molecular weight is 473 g/mol. The minimum absolute atomic E-state index is 0.248. The van der Waals surface area contributed by atoms with Gasteiger partial charge in [0.25, 0.3) is 5.91 Å². The molecule has 1 aliphatic heterocycles. The third-order valence-corrected chi connectivity index (χ3v) is 5.79. The van der Waals surface area contributed by atoms with Gasteiger partial charge in [-0.25, -0.2) is 0 Å². The summed E-state index contributed by atoms with van der Waals surface area (Å²) in [4.78, 5) is 27.6. The third kappa shape index (κ3) is 5.23. The summed E-state index contributed by atoms with van der Waals surface area (Å²) < 4.78 is 7.55. The number of rotatable bonds is 7. The summed E-state index contributed by atoms with van der Waals surface area (Å²) in [5, 5.41) is 7.76. The Hall–Kier alpha value is -3.03. The van der Waals surface area contributed by atoms with Crippen LogP contribution in [-0.4, -0.2) is 45.7 Å². The first-order chi connectivity index (χ1) is 15.5. The van der Waals surface area contributed by atoms with Crippen LogP contribution in [0.2, 0.25) is 10.0 Å². The SMILES string of the molecule is O=C(Nc1cccc(OCCn2cccn2)c1)C1CCCN1C(=O)c1cc(Cl)ccc1Cl. The Morgan fingerprint density at radius 2 is 2.03 bits per heavy atom. The van der Waals surface area contributed by atoms with E-state index in [4.69, 9.17) is 27.9 Å². The van der Waals surface area contributed by atoms with Crippen LogP contribution in [0.15, 0.2) is 60.9 Å². The van der Waals surface area contributed by atoms with Gasteiger partial charge in [-0.05, 0) is 49.2 Å². The highest BCUT2D eigenvalue weighted by Gasteiger charge is 2.35. The van der Waals surface area contributed by atoms with E-state index in [9.17, 15) is 9.59 Å². The van der Waals surface area contributed by atoms with Gasteiger partial charge in [0.2, 0.25) is 5.91 Å². The van der Waals surface area contributed by atoms with Crippen molar-refractivity contribution in [2.24, 2.45) is 0 Å². The van der Waals surface area contributed by atoms with E-state index >= 15 is 0 Å². The number of anilines is 1. The lowest BCUT2D eigenvalue weighted by atomic mass is 10.1. The topological polar surface area (TPSA) is 76.5 Å². The van der Waals surface area contributed by atoms with E-state index in [1.54, 1.807) is 40.0 Å². The first-order valence-electron chi connectivity index (χ1n) is 10.3. The van der Waals surface area contributed by atoms with Gasteiger partial charge in [-0.15, -0.1) is 0 Å². The summed E-state index contributed by atoms with van der Waals surface area (Å²) in [6, 6.07) is 13.2. The first-order valence-corrected chi connectivity index (χ1v) is 11.0. The van der Waals surface area contributed by atoms with Crippen molar-refractivity contribution >= 4 is 40.7 Å². The number of amides is 2. The molecule has 1 unspecified atom stereocenters. The van der Waals surface area contributed by atoms with Gasteiger partial charge in [0.15, 0.2) is 0 Å². The van der Waals surface area contributed by atoms with Gasteiger partial charge in [0.05, 0.1) is 17.1 Å². The van der Waals surface area contributed by atoms with Crippen molar-refractivity contribution in [2.45, 2.75) is 25.4 Å². The van der Waals surface area contributed by atoms with Crippen LogP contribution >= 0.6 is 23.2 Å². The Kier molecular flexibility index (Phi) is 6.97. The number of nitrogens with one attached hydrogen (secondary N) is 1. The molecule has 2 aromatic carbocycles. The molecule has 1 atom stereocenters. The zero-order chi connectivity index (χ0) is 22.5. The minimum atomic E-state index is -0.582. The van der Waals surface area contributed by atoms with Crippen LogP contribution in [0.4, 0.5) is 5.69 Å². The summed E-state index contributed by atoms with van der Waals surface area (Å²) in [5.74, 6) is 0.0913. The molecular weight excluding hydrogens is 451 g/mol. The van der Waals surface area contributed by atoms with Crippen LogP contribution in [0.25, 0.3) is 0 Å². The van der Waals surface area contributed by atoms with Crippen LogP contribution in [0.5, 0.6) is 5.75 Å². The van der Waals surface area contributed by atoms with E-state index in [-0.39, 0.29) is 11.8 Å². The highest BCUT2D eigenvalue weighted by molar-refractivity contribution is 6.35. The number of aromatic nitrogens is 2. The Labute approximate surface area is 195 Å². The predicted octanol–water partition coefficient (Wildman–Crippen LogP) is 4.51. The smallest absolute Gasteiger partial charge is 0.256 e. The van der Waals surface area contributed by atoms with Crippen molar-refractivity contribution in [3.63, 3.8) is 0 Å². The zero-order valence-electron chi connectivity index (χ0n) is 17.2. The van der Waals surface area contributed by atoms with E-state index in [2.05, 4.69) is 10.4 Å². The summed E-state index contributed by atoms with van der Waals surface area (Å²) in [6.45, 7) is 1.55. The van der Waals surface area contributed by atoms with Crippen LogP contribution in [0.1, 0.15) is 23.2 Å². The van der Waals surface area contributed by atoms with Gasteiger partial charge >= 0.3 is 0 Å². The zero-order valence-corrected chi connectivity index (χ0v) is 18.7. The Balaban J connectivity index is 1.39. The predicted molar refractivity (Wildman–Crippen MR) is 123 cm³/mol. The molecule has 1 aromatic heterocycles. The molecule has 0 saturated carbocycles. The number of hydrogen-bond donors (Lipinski definition) is 1. The molecule has 1 fully saturated rings. The maximum atomic E-state index is 13.0. The second-order valence-electron chi connectivity index (χ2n) is 7.42. The van der Waals surface area contributed by atoms with Gasteiger partial charge in [0.1, 0.15) is 18.4 Å². The molecule has 7 nitrogen and oxygen atoms in total. The molecule has 32 heavy (non-hydrogen) atoms. The molecule has 0 bridgehead atoms. The number of halogens is 2. The number of hydrogen-bond acceptors (Lipinski definition) is 4. The van der Waals surface area contributed by atoms with Crippen LogP contribution in [0, 0.1) is 0 Å². The molecule has 2 amide bonds. The quantitative estimate of drug-likeness (QED) is 0.548. The van der Waals surface area contributed by atoms with Gasteiger partial charge in [0, 0.05) is 35.7 Å². The van der Waals surface area contributed by atoms with E-state index < -0.39 is 6.04 Å². The summed E-state index contributed by atoms with van der Waals surface area (Å²) in [6.07, 6.45) is 4.90. The maximum absolute atomic E-state index is 13.0. The lowest BCUT2D eigenvalue weighted by Gasteiger charge is -2.24. The number of carbonyl (C=O) groups is 2. The van der Waals surface area contributed by atoms with Gasteiger partial charge < -0.3 is 15.0 Å². The fourth-order valence-electron chi connectivity index (χ4n) is 3.68. The molecule has 3 aromatic rings. The van der Waals surface area contributed by atoms with Crippen molar-refractivity contribution in [3.8, 4) is 5.75 Å². The van der Waals surface area contributed by atoms with Crippen molar-refractivity contribution < 1.29 is 14.3 Å².